The van der Waals surface area contributed by atoms with Crippen LogP contribution in [0.4, 0.5) is 0 Å². The maximum atomic E-state index is 12.4. The van der Waals surface area contributed by atoms with Crippen LogP contribution in [0.1, 0.15) is 52.4 Å². The molecular formula is C17H28N2O2. The molecule has 3 rings (SSSR count). The van der Waals surface area contributed by atoms with Crippen LogP contribution in [-0.2, 0) is 9.59 Å². The molecule has 21 heavy (non-hydrogen) atoms. The smallest absolute Gasteiger partial charge is 0.223 e. The Morgan fingerprint density at radius 2 is 1.81 bits per heavy atom. The molecule has 1 N–H and O–H groups in total. The van der Waals surface area contributed by atoms with E-state index in [4.69, 9.17) is 0 Å². The Kier molecular flexibility index (Phi) is 4.23. The number of amides is 2. The lowest BCUT2D eigenvalue weighted by atomic mass is 9.83. The molecule has 2 saturated carbocycles. The zero-order valence-electron chi connectivity index (χ0n) is 13.3. The van der Waals surface area contributed by atoms with Crippen LogP contribution in [0.15, 0.2) is 0 Å². The minimum absolute atomic E-state index is 0.0987. The molecule has 4 heteroatoms. The summed E-state index contributed by atoms with van der Waals surface area (Å²) >= 11 is 0. The summed E-state index contributed by atoms with van der Waals surface area (Å²) in [5.41, 5.74) is 0. The number of carbonyl (C=O) groups is 2. The van der Waals surface area contributed by atoms with Crippen LogP contribution in [0.5, 0.6) is 0 Å². The van der Waals surface area contributed by atoms with Crippen LogP contribution in [-0.4, -0.2) is 35.8 Å². The largest absolute Gasteiger partial charge is 0.353 e. The van der Waals surface area contributed by atoms with E-state index in [0.717, 1.165) is 37.8 Å². The van der Waals surface area contributed by atoms with E-state index in [1.807, 2.05) is 4.90 Å². The molecule has 2 bridgehead atoms. The molecule has 2 aliphatic carbocycles. The van der Waals surface area contributed by atoms with Gasteiger partial charge < -0.3 is 10.2 Å². The van der Waals surface area contributed by atoms with Crippen molar-refractivity contribution < 1.29 is 9.59 Å². The van der Waals surface area contributed by atoms with Gasteiger partial charge in [-0.2, -0.15) is 0 Å². The second kappa shape index (κ2) is 5.98. The van der Waals surface area contributed by atoms with Crippen molar-refractivity contribution in [3.8, 4) is 0 Å². The van der Waals surface area contributed by atoms with E-state index in [9.17, 15) is 9.59 Å². The summed E-state index contributed by atoms with van der Waals surface area (Å²) in [5.74, 6) is 2.92. The zero-order chi connectivity index (χ0) is 15.0. The van der Waals surface area contributed by atoms with Gasteiger partial charge in [-0.3, -0.25) is 9.59 Å². The molecular weight excluding hydrogens is 264 g/mol. The number of hydrogen-bond acceptors (Lipinski definition) is 2. The second-order valence-corrected chi connectivity index (χ2v) is 7.42. The fourth-order valence-corrected chi connectivity index (χ4v) is 4.81. The van der Waals surface area contributed by atoms with Gasteiger partial charge in [-0.15, -0.1) is 0 Å². The number of rotatable bonds is 3. The quantitative estimate of drug-likeness (QED) is 0.867. The third-order valence-corrected chi connectivity index (χ3v) is 6.12. The number of carbonyl (C=O) groups excluding carboxylic acids is 2. The molecule has 1 aliphatic heterocycles. The van der Waals surface area contributed by atoms with Gasteiger partial charge in [-0.1, -0.05) is 6.42 Å². The van der Waals surface area contributed by atoms with Crippen LogP contribution in [0.25, 0.3) is 0 Å². The van der Waals surface area contributed by atoms with Gasteiger partial charge in [0.25, 0.3) is 0 Å². The Morgan fingerprint density at radius 1 is 1.10 bits per heavy atom. The lowest BCUT2D eigenvalue weighted by molar-refractivity contribution is -0.134. The first-order valence-corrected chi connectivity index (χ1v) is 8.60. The Balaban J connectivity index is 1.47. The number of nitrogens with one attached hydrogen (secondary N) is 1. The second-order valence-electron chi connectivity index (χ2n) is 7.42. The highest BCUT2D eigenvalue weighted by Crippen LogP contribution is 2.49. The summed E-state index contributed by atoms with van der Waals surface area (Å²) in [6, 6.07) is 0.318. The molecule has 118 valence electrons. The molecule has 0 aromatic carbocycles. The van der Waals surface area contributed by atoms with E-state index in [1.54, 1.807) is 6.92 Å². The first-order valence-electron chi connectivity index (χ1n) is 8.60. The highest BCUT2D eigenvalue weighted by atomic mass is 16.2. The topological polar surface area (TPSA) is 49.4 Å². The maximum Gasteiger partial charge on any atom is 0.223 e. The average Bonchev–Trinajstić information content (AvgIpc) is 3.10. The third-order valence-electron chi connectivity index (χ3n) is 6.12. The van der Waals surface area contributed by atoms with Crippen molar-refractivity contribution in [1.29, 1.82) is 0 Å². The predicted molar refractivity (Wildman–Crippen MR) is 81.5 cm³/mol. The van der Waals surface area contributed by atoms with E-state index in [-0.39, 0.29) is 17.7 Å². The van der Waals surface area contributed by atoms with Crippen LogP contribution >= 0.6 is 0 Å². The van der Waals surface area contributed by atoms with E-state index in [0.29, 0.717) is 12.0 Å². The Morgan fingerprint density at radius 3 is 2.33 bits per heavy atom. The van der Waals surface area contributed by atoms with E-state index < -0.39 is 0 Å². The third kappa shape index (κ3) is 3.09. The number of fused-ring (bicyclic) bond motifs is 2. The van der Waals surface area contributed by atoms with Crippen molar-refractivity contribution in [1.82, 2.24) is 10.2 Å². The summed E-state index contributed by atoms with van der Waals surface area (Å²) < 4.78 is 0. The SMILES string of the molecule is CC(=O)N1CCC(C(=O)N[C@H](C)[C@H]2C[C@H]3CC[C@H]2C3)CC1. The fourth-order valence-electron chi connectivity index (χ4n) is 4.81. The highest BCUT2D eigenvalue weighted by Gasteiger charge is 2.42. The Bertz CT molecular complexity index is 415. The minimum Gasteiger partial charge on any atom is -0.353 e. The molecule has 1 saturated heterocycles. The summed E-state index contributed by atoms with van der Waals surface area (Å²) in [7, 11) is 0. The molecule has 0 unspecified atom stereocenters. The molecule has 0 aromatic rings. The fraction of sp³-hybridized carbons (Fsp3) is 0.882. The number of likely N-dealkylation sites (tertiary alicyclic amines) is 1. The Labute approximate surface area is 127 Å². The normalized spacial score (nSPS) is 34.0. The van der Waals surface area contributed by atoms with Crippen LogP contribution in [0.2, 0.25) is 0 Å². The lowest BCUT2D eigenvalue weighted by Crippen LogP contribution is -2.46. The molecule has 3 aliphatic rings. The molecule has 0 aromatic heterocycles. The number of nitrogens with zero attached hydrogens (tertiary/aromatic N) is 1. The van der Waals surface area contributed by atoms with Crippen LogP contribution < -0.4 is 5.32 Å². The average molecular weight is 292 g/mol. The number of hydrogen-bond donors (Lipinski definition) is 1. The van der Waals surface area contributed by atoms with Crippen molar-refractivity contribution in [3.63, 3.8) is 0 Å². The lowest BCUT2D eigenvalue weighted by Gasteiger charge is -2.33. The molecule has 4 nitrogen and oxygen atoms in total. The monoisotopic (exact) mass is 292 g/mol. The van der Waals surface area contributed by atoms with Gasteiger partial charge in [-0.05, 0) is 56.8 Å². The highest BCUT2D eigenvalue weighted by molar-refractivity contribution is 5.79. The standard InChI is InChI=1S/C17H28N2O2/c1-11(16-10-13-3-4-15(16)9-13)18-17(21)14-5-7-19(8-6-14)12(2)20/h11,13-16H,3-10H2,1-2H3,(H,18,21)/t11-,13+,15+,16-/m1/s1. The van der Waals surface area contributed by atoms with Gasteiger partial charge in [0.2, 0.25) is 11.8 Å². The first-order chi connectivity index (χ1) is 10.0. The molecule has 3 fully saturated rings. The molecule has 0 radical (unpaired) electrons. The van der Waals surface area contributed by atoms with E-state index in [2.05, 4.69) is 12.2 Å². The van der Waals surface area contributed by atoms with Gasteiger partial charge in [-0.25, -0.2) is 0 Å². The summed E-state index contributed by atoms with van der Waals surface area (Å²) in [4.78, 5) is 25.6. The van der Waals surface area contributed by atoms with Crippen LogP contribution in [0, 0.1) is 23.7 Å². The summed E-state index contributed by atoms with van der Waals surface area (Å²) in [6.45, 7) is 5.26. The number of piperidine rings is 1. The van der Waals surface area contributed by atoms with Crippen molar-refractivity contribution in [2.45, 2.75) is 58.4 Å². The van der Waals surface area contributed by atoms with Crippen molar-refractivity contribution in [2.75, 3.05) is 13.1 Å². The van der Waals surface area contributed by atoms with E-state index >= 15 is 0 Å². The van der Waals surface area contributed by atoms with Gasteiger partial charge in [0.1, 0.15) is 0 Å². The van der Waals surface area contributed by atoms with Gasteiger partial charge >= 0.3 is 0 Å². The Hall–Kier alpha value is -1.06. The predicted octanol–water partition coefficient (Wildman–Crippen LogP) is 2.19. The maximum absolute atomic E-state index is 12.4. The molecule has 2 amide bonds. The minimum atomic E-state index is 0.0987. The van der Waals surface area contributed by atoms with Gasteiger partial charge in [0.05, 0.1) is 0 Å². The summed E-state index contributed by atoms with van der Waals surface area (Å²) in [6.07, 6.45) is 7.11. The molecule has 1 heterocycles. The zero-order valence-corrected chi connectivity index (χ0v) is 13.3. The van der Waals surface area contributed by atoms with Crippen molar-refractivity contribution in [3.05, 3.63) is 0 Å². The van der Waals surface area contributed by atoms with E-state index in [1.165, 1.54) is 25.7 Å². The first kappa shape index (κ1) is 14.9. The van der Waals surface area contributed by atoms with Crippen LogP contribution in [0.3, 0.4) is 0 Å². The van der Waals surface area contributed by atoms with Gasteiger partial charge in [0, 0.05) is 32.0 Å². The molecule has 4 atom stereocenters. The van der Waals surface area contributed by atoms with Crippen molar-refractivity contribution >= 4 is 11.8 Å². The van der Waals surface area contributed by atoms with Gasteiger partial charge in [0.15, 0.2) is 0 Å². The van der Waals surface area contributed by atoms with Crippen molar-refractivity contribution in [2.24, 2.45) is 23.7 Å². The summed E-state index contributed by atoms with van der Waals surface area (Å²) in [5, 5.41) is 3.28. The molecule has 0 spiro atoms.